The van der Waals surface area contributed by atoms with Crippen LogP contribution in [0.15, 0.2) is 24.4 Å². The summed E-state index contributed by atoms with van der Waals surface area (Å²) in [5.41, 5.74) is 7.63. The molecule has 2 N–H and O–H groups in total. The van der Waals surface area contributed by atoms with Crippen LogP contribution >= 0.6 is 0 Å². The van der Waals surface area contributed by atoms with Crippen molar-refractivity contribution in [1.82, 2.24) is 4.98 Å². The van der Waals surface area contributed by atoms with Crippen molar-refractivity contribution in [3.8, 4) is 16.9 Å². The van der Waals surface area contributed by atoms with Gasteiger partial charge in [-0.25, -0.2) is 0 Å². The molecule has 0 unspecified atom stereocenters. The number of halogens is 3. The Bertz CT molecular complexity index is 681. The summed E-state index contributed by atoms with van der Waals surface area (Å²) in [6.45, 7) is 3.41. The Kier molecular flexibility index (Phi) is 3.80. The quantitative estimate of drug-likeness (QED) is 0.912. The van der Waals surface area contributed by atoms with Crippen LogP contribution in [0.5, 0.6) is 5.75 Å². The summed E-state index contributed by atoms with van der Waals surface area (Å²) in [5, 5.41) is 0. The van der Waals surface area contributed by atoms with E-state index in [-0.39, 0.29) is 5.75 Å². The molecule has 1 aromatic heterocycles. The van der Waals surface area contributed by atoms with Gasteiger partial charge < -0.3 is 10.5 Å². The fourth-order valence-corrected chi connectivity index (χ4v) is 2.16. The molecule has 0 aliphatic carbocycles. The van der Waals surface area contributed by atoms with Gasteiger partial charge in [-0.1, -0.05) is 0 Å². The maximum atomic E-state index is 13.0. The fraction of sp³-hybridized carbons (Fsp3) is 0.267. The number of aryl methyl sites for hydroxylation is 1. The summed E-state index contributed by atoms with van der Waals surface area (Å²) in [6.07, 6.45) is -2.93. The maximum absolute atomic E-state index is 13.0. The number of nitrogens with zero attached hydrogens (tertiary/aromatic N) is 1. The Labute approximate surface area is 120 Å². The van der Waals surface area contributed by atoms with Crippen molar-refractivity contribution in [3.63, 3.8) is 0 Å². The summed E-state index contributed by atoms with van der Waals surface area (Å²) in [5.74, 6) is 0.175. The molecular formula is C15H15F3N2O. The van der Waals surface area contributed by atoms with Crippen LogP contribution in [0.3, 0.4) is 0 Å². The maximum Gasteiger partial charge on any atom is 0.416 e. The Hall–Kier alpha value is -2.24. The van der Waals surface area contributed by atoms with Crippen LogP contribution in [0.4, 0.5) is 18.9 Å². The lowest BCUT2D eigenvalue weighted by molar-refractivity contribution is -0.137. The van der Waals surface area contributed by atoms with Gasteiger partial charge in [-0.15, -0.1) is 0 Å². The van der Waals surface area contributed by atoms with Gasteiger partial charge in [0.05, 0.1) is 24.1 Å². The molecule has 0 fully saturated rings. The van der Waals surface area contributed by atoms with E-state index in [1.165, 1.54) is 13.3 Å². The second-order valence-electron chi connectivity index (χ2n) is 4.71. The van der Waals surface area contributed by atoms with E-state index in [4.69, 9.17) is 10.5 Å². The highest BCUT2D eigenvalue weighted by atomic mass is 19.4. The average Bonchev–Trinajstić information content (AvgIpc) is 2.41. The van der Waals surface area contributed by atoms with E-state index in [1.54, 1.807) is 19.9 Å². The van der Waals surface area contributed by atoms with Crippen molar-refractivity contribution < 1.29 is 17.9 Å². The van der Waals surface area contributed by atoms with E-state index < -0.39 is 11.7 Å². The summed E-state index contributed by atoms with van der Waals surface area (Å²) >= 11 is 0. The van der Waals surface area contributed by atoms with E-state index in [9.17, 15) is 13.2 Å². The van der Waals surface area contributed by atoms with E-state index in [1.807, 2.05) is 0 Å². The zero-order valence-electron chi connectivity index (χ0n) is 11.9. The van der Waals surface area contributed by atoms with E-state index in [2.05, 4.69) is 4.98 Å². The van der Waals surface area contributed by atoms with Crippen LogP contribution < -0.4 is 10.5 Å². The van der Waals surface area contributed by atoms with Gasteiger partial charge in [0.25, 0.3) is 0 Å². The smallest absolute Gasteiger partial charge is 0.416 e. The highest BCUT2D eigenvalue weighted by molar-refractivity contribution is 5.81. The van der Waals surface area contributed by atoms with Crippen LogP contribution in [0.1, 0.15) is 16.8 Å². The standard InChI is InChI=1S/C15H15F3N2O/c1-8-12(11-4-5-20-9(2)14(11)19)6-10(15(16,17)18)7-13(8)21-3/h4-7H,19H2,1-3H3. The van der Waals surface area contributed by atoms with Crippen LogP contribution in [-0.2, 0) is 6.18 Å². The molecule has 0 radical (unpaired) electrons. The monoisotopic (exact) mass is 296 g/mol. The topological polar surface area (TPSA) is 48.1 Å². The van der Waals surface area contributed by atoms with Gasteiger partial charge in [0.2, 0.25) is 0 Å². The zero-order chi connectivity index (χ0) is 15.8. The molecule has 21 heavy (non-hydrogen) atoms. The lowest BCUT2D eigenvalue weighted by atomic mass is 9.96. The predicted octanol–water partition coefficient (Wildman–Crippen LogP) is 3.98. The lowest BCUT2D eigenvalue weighted by Crippen LogP contribution is -2.07. The van der Waals surface area contributed by atoms with Crippen LogP contribution in [0.25, 0.3) is 11.1 Å². The summed E-state index contributed by atoms with van der Waals surface area (Å²) in [4.78, 5) is 4.03. The average molecular weight is 296 g/mol. The summed E-state index contributed by atoms with van der Waals surface area (Å²) in [7, 11) is 1.34. The fourth-order valence-electron chi connectivity index (χ4n) is 2.16. The molecular weight excluding hydrogens is 281 g/mol. The molecule has 6 heteroatoms. The number of hydrogen-bond acceptors (Lipinski definition) is 3. The van der Waals surface area contributed by atoms with Gasteiger partial charge >= 0.3 is 6.18 Å². The third kappa shape index (κ3) is 2.79. The number of alkyl halides is 3. The predicted molar refractivity (Wildman–Crippen MR) is 75.1 cm³/mol. The first-order valence-electron chi connectivity index (χ1n) is 6.23. The van der Waals surface area contributed by atoms with Gasteiger partial charge in [-0.3, -0.25) is 4.98 Å². The SMILES string of the molecule is COc1cc(C(F)(F)F)cc(-c2ccnc(C)c2N)c1C. The van der Waals surface area contributed by atoms with Crippen LogP contribution in [0.2, 0.25) is 0 Å². The van der Waals surface area contributed by atoms with Gasteiger partial charge in [-0.05, 0) is 43.2 Å². The van der Waals surface area contributed by atoms with E-state index >= 15 is 0 Å². The van der Waals surface area contributed by atoms with Gasteiger partial charge in [0.1, 0.15) is 5.75 Å². The number of rotatable bonds is 2. The summed E-state index contributed by atoms with van der Waals surface area (Å²) < 4.78 is 44.1. The van der Waals surface area contributed by atoms with Crippen molar-refractivity contribution in [3.05, 3.63) is 41.2 Å². The first-order chi connectivity index (χ1) is 9.75. The highest BCUT2D eigenvalue weighted by Crippen LogP contribution is 2.40. The van der Waals surface area contributed by atoms with Crippen molar-refractivity contribution in [1.29, 1.82) is 0 Å². The Morgan fingerprint density at radius 3 is 2.38 bits per heavy atom. The molecule has 0 atom stereocenters. The van der Waals surface area contributed by atoms with E-state index in [0.717, 1.165) is 12.1 Å². The Morgan fingerprint density at radius 1 is 1.14 bits per heavy atom. The molecule has 0 saturated carbocycles. The molecule has 112 valence electrons. The van der Waals surface area contributed by atoms with Gasteiger partial charge in [0, 0.05) is 11.8 Å². The molecule has 3 nitrogen and oxygen atoms in total. The first-order valence-corrected chi connectivity index (χ1v) is 6.23. The number of pyridine rings is 1. The van der Waals surface area contributed by atoms with Crippen molar-refractivity contribution in [2.45, 2.75) is 20.0 Å². The van der Waals surface area contributed by atoms with Crippen molar-refractivity contribution >= 4 is 5.69 Å². The lowest BCUT2D eigenvalue weighted by Gasteiger charge is -2.17. The minimum Gasteiger partial charge on any atom is -0.496 e. The molecule has 0 aliphatic heterocycles. The number of benzene rings is 1. The molecule has 0 aliphatic rings. The molecule has 0 saturated heterocycles. The molecule has 0 bridgehead atoms. The number of anilines is 1. The zero-order valence-corrected chi connectivity index (χ0v) is 11.9. The van der Waals surface area contributed by atoms with Gasteiger partial charge in [0.15, 0.2) is 0 Å². The first kappa shape index (κ1) is 15.2. The van der Waals surface area contributed by atoms with Crippen LogP contribution in [0, 0.1) is 13.8 Å². The van der Waals surface area contributed by atoms with Crippen LogP contribution in [-0.4, -0.2) is 12.1 Å². The van der Waals surface area contributed by atoms with Crippen molar-refractivity contribution in [2.75, 3.05) is 12.8 Å². The second kappa shape index (κ2) is 5.27. The summed E-state index contributed by atoms with van der Waals surface area (Å²) in [6, 6.07) is 3.68. The number of ether oxygens (including phenoxy) is 1. The molecule has 0 spiro atoms. The number of nitrogens with two attached hydrogens (primary N) is 1. The molecule has 1 heterocycles. The molecule has 0 amide bonds. The largest absolute Gasteiger partial charge is 0.496 e. The van der Waals surface area contributed by atoms with Crippen molar-refractivity contribution in [2.24, 2.45) is 0 Å². The second-order valence-corrected chi connectivity index (χ2v) is 4.71. The highest BCUT2D eigenvalue weighted by Gasteiger charge is 2.32. The Balaban J connectivity index is 2.76. The number of aromatic nitrogens is 1. The normalized spacial score (nSPS) is 11.5. The molecule has 1 aromatic carbocycles. The third-order valence-corrected chi connectivity index (χ3v) is 3.39. The minimum absolute atomic E-state index is 0.175. The molecule has 2 rings (SSSR count). The number of hydrogen-bond donors (Lipinski definition) is 1. The van der Waals surface area contributed by atoms with Gasteiger partial charge in [-0.2, -0.15) is 13.2 Å². The minimum atomic E-state index is -4.45. The third-order valence-electron chi connectivity index (χ3n) is 3.39. The van der Waals surface area contributed by atoms with E-state index in [0.29, 0.717) is 28.1 Å². The number of methoxy groups -OCH3 is 1. The Morgan fingerprint density at radius 2 is 1.81 bits per heavy atom. The number of nitrogen functional groups attached to an aromatic ring is 1. The molecule has 2 aromatic rings.